The van der Waals surface area contributed by atoms with E-state index in [1.54, 1.807) is 0 Å². The van der Waals surface area contributed by atoms with Crippen molar-refractivity contribution in [3.63, 3.8) is 0 Å². The van der Waals surface area contributed by atoms with Crippen molar-refractivity contribution in [1.29, 1.82) is 0 Å². The van der Waals surface area contributed by atoms with Gasteiger partial charge in [0.25, 0.3) is 0 Å². The molecule has 0 radical (unpaired) electrons. The standard InChI is InChI=1S/C23H23ClN4O/c1-17-2-6-19(7-3-17)21-10-11-22(26-25-21)27-12-14-28(15-13-27)23(29)16-18-4-8-20(24)9-5-18/h2-11H,12-16H2,1H3. The fraction of sp³-hybridized carbons (Fsp3) is 0.261. The lowest BCUT2D eigenvalue weighted by atomic mass is 10.1. The normalized spacial score (nSPS) is 14.1. The van der Waals surface area contributed by atoms with Gasteiger partial charge in [0, 0.05) is 36.8 Å². The van der Waals surface area contributed by atoms with E-state index in [0.29, 0.717) is 24.5 Å². The van der Waals surface area contributed by atoms with Crippen LogP contribution < -0.4 is 4.90 Å². The summed E-state index contributed by atoms with van der Waals surface area (Å²) in [4.78, 5) is 16.7. The van der Waals surface area contributed by atoms with E-state index >= 15 is 0 Å². The minimum atomic E-state index is 0.146. The zero-order valence-electron chi connectivity index (χ0n) is 16.4. The van der Waals surface area contributed by atoms with Crippen LogP contribution in [0.25, 0.3) is 11.3 Å². The first kappa shape index (κ1) is 19.4. The molecule has 0 aliphatic carbocycles. The van der Waals surface area contributed by atoms with Gasteiger partial charge in [0.2, 0.25) is 5.91 Å². The molecular formula is C23H23ClN4O. The Morgan fingerprint density at radius 1 is 0.897 bits per heavy atom. The van der Waals surface area contributed by atoms with Crippen molar-refractivity contribution in [3.05, 3.63) is 76.8 Å². The Morgan fingerprint density at radius 3 is 2.21 bits per heavy atom. The van der Waals surface area contributed by atoms with Crippen molar-refractivity contribution in [2.24, 2.45) is 0 Å². The second-order valence-electron chi connectivity index (χ2n) is 7.31. The van der Waals surface area contributed by atoms with Gasteiger partial charge in [-0.25, -0.2) is 0 Å². The van der Waals surface area contributed by atoms with Crippen molar-refractivity contribution in [2.75, 3.05) is 31.1 Å². The smallest absolute Gasteiger partial charge is 0.227 e. The van der Waals surface area contributed by atoms with Gasteiger partial charge in [0.1, 0.15) is 0 Å². The van der Waals surface area contributed by atoms with E-state index in [9.17, 15) is 4.79 Å². The maximum atomic E-state index is 12.6. The van der Waals surface area contributed by atoms with E-state index in [-0.39, 0.29) is 5.91 Å². The molecule has 4 rings (SSSR count). The number of aryl methyl sites for hydroxylation is 1. The molecule has 2 heterocycles. The summed E-state index contributed by atoms with van der Waals surface area (Å²) in [5.41, 5.74) is 4.14. The van der Waals surface area contributed by atoms with Crippen molar-refractivity contribution in [1.82, 2.24) is 15.1 Å². The van der Waals surface area contributed by atoms with Crippen LogP contribution in [-0.4, -0.2) is 47.2 Å². The van der Waals surface area contributed by atoms with Crippen LogP contribution in [0.1, 0.15) is 11.1 Å². The number of nitrogens with zero attached hydrogens (tertiary/aromatic N) is 4. The lowest BCUT2D eigenvalue weighted by molar-refractivity contribution is -0.130. The molecule has 0 saturated carbocycles. The highest BCUT2D eigenvalue weighted by atomic mass is 35.5. The lowest BCUT2D eigenvalue weighted by Crippen LogP contribution is -2.49. The number of piperazine rings is 1. The minimum absolute atomic E-state index is 0.146. The highest BCUT2D eigenvalue weighted by Gasteiger charge is 2.22. The number of anilines is 1. The molecule has 148 valence electrons. The average Bonchev–Trinajstić information content (AvgIpc) is 2.76. The van der Waals surface area contributed by atoms with Crippen LogP contribution in [0, 0.1) is 6.92 Å². The molecule has 0 bridgehead atoms. The van der Waals surface area contributed by atoms with Crippen LogP contribution in [-0.2, 0) is 11.2 Å². The lowest BCUT2D eigenvalue weighted by Gasteiger charge is -2.35. The molecule has 5 nitrogen and oxygen atoms in total. The number of benzene rings is 2. The van der Waals surface area contributed by atoms with Gasteiger partial charge in [-0.15, -0.1) is 10.2 Å². The van der Waals surface area contributed by atoms with Crippen molar-refractivity contribution in [2.45, 2.75) is 13.3 Å². The summed E-state index contributed by atoms with van der Waals surface area (Å²) in [6, 6.07) is 19.7. The first-order chi connectivity index (χ1) is 14.1. The molecule has 1 aromatic heterocycles. The number of amides is 1. The largest absolute Gasteiger partial charge is 0.352 e. The Hall–Kier alpha value is -2.92. The zero-order chi connectivity index (χ0) is 20.2. The van der Waals surface area contributed by atoms with E-state index in [1.165, 1.54) is 5.56 Å². The summed E-state index contributed by atoms with van der Waals surface area (Å²) in [5, 5.41) is 9.48. The molecule has 1 fully saturated rings. The summed E-state index contributed by atoms with van der Waals surface area (Å²) in [6.07, 6.45) is 0.405. The van der Waals surface area contributed by atoms with Gasteiger partial charge in [-0.2, -0.15) is 0 Å². The predicted octanol–water partition coefficient (Wildman–Crippen LogP) is 4.00. The number of rotatable bonds is 4. The average molecular weight is 407 g/mol. The molecule has 29 heavy (non-hydrogen) atoms. The zero-order valence-corrected chi connectivity index (χ0v) is 17.1. The Morgan fingerprint density at radius 2 is 1.59 bits per heavy atom. The van der Waals surface area contributed by atoms with Crippen LogP contribution in [0.15, 0.2) is 60.7 Å². The van der Waals surface area contributed by atoms with Crippen LogP contribution in [0.4, 0.5) is 5.82 Å². The first-order valence-electron chi connectivity index (χ1n) is 9.76. The number of aromatic nitrogens is 2. The van der Waals surface area contributed by atoms with Gasteiger partial charge in [-0.1, -0.05) is 53.6 Å². The maximum absolute atomic E-state index is 12.6. The fourth-order valence-electron chi connectivity index (χ4n) is 3.45. The second-order valence-corrected chi connectivity index (χ2v) is 7.75. The summed E-state index contributed by atoms with van der Waals surface area (Å²) < 4.78 is 0. The molecule has 0 atom stereocenters. The monoisotopic (exact) mass is 406 g/mol. The number of carbonyl (C=O) groups excluding carboxylic acids is 1. The molecule has 0 spiro atoms. The first-order valence-corrected chi connectivity index (χ1v) is 10.1. The van der Waals surface area contributed by atoms with E-state index in [0.717, 1.165) is 35.7 Å². The quantitative estimate of drug-likeness (QED) is 0.657. The topological polar surface area (TPSA) is 49.3 Å². The predicted molar refractivity (Wildman–Crippen MR) is 116 cm³/mol. The van der Waals surface area contributed by atoms with E-state index < -0.39 is 0 Å². The Balaban J connectivity index is 1.33. The second kappa shape index (κ2) is 8.62. The molecule has 1 aliphatic heterocycles. The van der Waals surface area contributed by atoms with Crippen molar-refractivity contribution >= 4 is 23.3 Å². The number of carbonyl (C=O) groups is 1. The van der Waals surface area contributed by atoms with Crippen LogP contribution in [0.3, 0.4) is 0 Å². The molecular weight excluding hydrogens is 384 g/mol. The highest BCUT2D eigenvalue weighted by molar-refractivity contribution is 6.30. The SMILES string of the molecule is Cc1ccc(-c2ccc(N3CCN(C(=O)Cc4ccc(Cl)cc4)CC3)nn2)cc1. The number of hydrogen-bond donors (Lipinski definition) is 0. The number of hydrogen-bond acceptors (Lipinski definition) is 4. The van der Waals surface area contributed by atoms with Crippen LogP contribution in [0.5, 0.6) is 0 Å². The van der Waals surface area contributed by atoms with Gasteiger partial charge in [-0.05, 0) is 36.8 Å². The molecule has 1 saturated heterocycles. The Bertz CT molecular complexity index is 963. The third kappa shape index (κ3) is 4.74. The summed E-state index contributed by atoms with van der Waals surface area (Å²) in [5.74, 6) is 0.999. The third-order valence-electron chi connectivity index (χ3n) is 5.22. The third-order valence-corrected chi connectivity index (χ3v) is 5.47. The van der Waals surface area contributed by atoms with Crippen molar-refractivity contribution in [3.8, 4) is 11.3 Å². The highest BCUT2D eigenvalue weighted by Crippen LogP contribution is 2.20. The van der Waals surface area contributed by atoms with E-state index in [2.05, 4.69) is 46.3 Å². The van der Waals surface area contributed by atoms with E-state index in [4.69, 9.17) is 11.6 Å². The van der Waals surface area contributed by atoms with Crippen LogP contribution >= 0.6 is 11.6 Å². The van der Waals surface area contributed by atoms with E-state index in [1.807, 2.05) is 41.3 Å². The van der Waals surface area contributed by atoms with Gasteiger partial charge in [-0.3, -0.25) is 4.79 Å². The minimum Gasteiger partial charge on any atom is -0.352 e. The van der Waals surface area contributed by atoms with Gasteiger partial charge in [0.15, 0.2) is 5.82 Å². The van der Waals surface area contributed by atoms with Crippen LogP contribution in [0.2, 0.25) is 5.02 Å². The molecule has 3 aromatic rings. The van der Waals surface area contributed by atoms with Gasteiger partial charge < -0.3 is 9.80 Å². The summed E-state index contributed by atoms with van der Waals surface area (Å²) >= 11 is 5.91. The molecule has 6 heteroatoms. The molecule has 0 N–H and O–H groups in total. The summed E-state index contributed by atoms with van der Waals surface area (Å²) in [7, 11) is 0. The number of halogens is 1. The fourth-order valence-corrected chi connectivity index (χ4v) is 3.57. The molecule has 0 unspecified atom stereocenters. The Kier molecular flexibility index (Phi) is 5.76. The molecule has 2 aromatic carbocycles. The van der Waals surface area contributed by atoms with Crippen molar-refractivity contribution < 1.29 is 4.79 Å². The van der Waals surface area contributed by atoms with Gasteiger partial charge >= 0.3 is 0 Å². The summed E-state index contributed by atoms with van der Waals surface area (Å²) in [6.45, 7) is 4.95. The molecule has 1 aliphatic rings. The van der Waals surface area contributed by atoms with Gasteiger partial charge in [0.05, 0.1) is 12.1 Å². The maximum Gasteiger partial charge on any atom is 0.227 e. The molecule has 1 amide bonds. The Labute approximate surface area is 175 Å².